The van der Waals surface area contributed by atoms with Crippen LogP contribution in [0.1, 0.15) is 73.1 Å². The fourth-order valence-electron chi connectivity index (χ4n) is 5.45. The van der Waals surface area contributed by atoms with Gasteiger partial charge in [0.2, 0.25) is 0 Å². The van der Waals surface area contributed by atoms with E-state index in [1.807, 2.05) is 0 Å². The molecule has 0 bridgehead atoms. The molecule has 3 rings (SSSR count). The van der Waals surface area contributed by atoms with Crippen LogP contribution in [0.25, 0.3) is 0 Å². The number of anilines is 2. The molecule has 0 atom stereocenters. The molecule has 46 heavy (non-hydrogen) atoms. The molecular formula is C36H79N5Si5. The predicted molar refractivity (Wildman–Crippen MR) is 231 cm³/mol. The summed E-state index contributed by atoms with van der Waals surface area (Å²) in [6.45, 7) is 29.1. The molecule has 0 saturated heterocycles. The van der Waals surface area contributed by atoms with E-state index in [1.54, 1.807) is 0 Å². The molecule has 10 heteroatoms. The summed E-state index contributed by atoms with van der Waals surface area (Å²) in [4.78, 5) is 0. The van der Waals surface area contributed by atoms with Crippen LogP contribution in [-0.2, 0) is 0 Å². The number of nitrogens with zero attached hydrogens (tertiary/aromatic N) is 5. The third kappa shape index (κ3) is 24.2. The van der Waals surface area contributed by atoms with Gasteiger partial charge >= 0.3 is 0 Å². The summed E-state index contributed by atoms with van der Waals surface area (Å²) in [7, 11) is 4.61. The number of benzene rings is 2. The predicted octanol–water partition coefficient (Wildman–Crippen LogP) is 5.59. The molecule has 0 aliphatic heterocycles. The first-order valence-corrected chi connectivity index (χ1v) is 29.2. The van der Waals surface area contributed by atoms with Crippen molar-refractivity contribution in [2.45, 2.75) is 112 Å². The summed E-state index contributed by atoms with van der Waals surface area (Å²) in [6.07, 6.45) is 8.33. The molecular weight excluding hydrogens is 643 g/mol. The zero-order valence-electron chi connectivity index (χ0n) is 32.9. The second-order valence-electron chi connectivity index (χ2n) is 12.0. The first-order chi connectivity index (χ1) is 22.3. The Morgan fingerprint density at radius 3 is 1.26 bits per heavy atom. The lowest BCUT2D eigenvalue weighted by atomic mass is 10.2. The maximum absolute atomic E-state index is 2.69. The van der Waals surface area contributed by atoms with E-state index in [2.05, 4.69) is 165 Å². The summed E-state index contributed by atoms with van der Waals surface area (Å²) < 4.78 is 12.6. The van der Waals surface area contributed by atoms with Crippen molar-refractivity contribution in [2.24, 2.45) is 0 Å². The molecule has 0 unspecified atom stereocenters. The minimum atomic E-state index is -0.0664. The van der Waals surface area contributed by atoms with Crippen LogP contribution in [-0.4, -0.2) is 115 Å². The number of hydrogen-bond donors (Lipinski definition) is 0. The largest absolute Gasteiger partial charge is 0.404 e. The zero-order chi connectivity index (χ0) is 35.0. The zero-order valence-corrected chi connectivity index (χ0v) is 40.0. The molecule has 0 radical (unpaired) electrons. The summed E-state index contributed by atoms with van der Waals surface area (Å²) >= 11 is 0. The summed E-state index contributed by atoms with van der Waals surface area (Å²) in [5.74, 6) is 0. The highest BCUT2D eigenvalue weighted by atomic mass is 28.2. The van der Waals surface area contributed by atoms with Gasteiger partial charge in [0.1, 0.15) is 19.4 Å². The molecule has 2 aromatic rings. The van der Waals surface area contributed by atoms with Crippen LogP contribution in [0.5, 0.6) is 0 Å². The Morgan fingerprint density at radius 1 is 0.543 bits per heavy atom. The molecule has 5 nitrogen and oxygen atoms in total. The van der Waals surface area contributed by atoms with Crippen molar-refractivity contribution >= 4 is 59.8 Å². The van der Waals surface area contributed by atoms with Crippen molar-refractivity contribution in [1.82, 2.24) is 13.7 Å². The lowest BCUT2D eigenvalue weighted by Crippen LogP contribution is -2.35. The molecule has 0 heterocycles. The van der Waals surface area contributed by atoms with Gasteiger partial charge in [0, 0.05) is 24.0 Å². The molecule has 0 aromatic heterocycles. The van der Waals surface area contributed by atoms with E-state index in [0.717, 1.165) is 12.6 Å². The second kappa shape index (κ2) is 33.9. The van der Waals surface area contributed by atoms with Crippen molar-refractivity contribution in [3.63, 3.8) is 0 Å². The summed E-state index contributed by atoms with van der Waals surface area (Å²) in [5.41, 5.74) is 2.83. The van der Waals surface area contributed by atoms with Gasteiger partial charge in [-0.2, -0.15) is 0 Å². The summed E-state index contributed by atoms with van der Waals surface area (Å²) in [6, 6.07) is 22.4. The first-order valence-electron chi connectivity index (χ1n) is 19.0. The van der Waals surface area contributed by atoms with E-state index in [4.69, 9.17) is 0 Å². The molecule has 0 N–H and O–H groups in total. The molecule has 1 fully saturated rings. The third-order valence-corrected chi connectivity index (χ3v) is 16.3. The molecule has 268 valence electrons. The average Bonchev–Trinajstić information content (AvgIpc) is 3.63. The van der Waals surface area contributed by atoms with Gasteiger partial charge in [0.15, 0.2) is 0 Å². The van der Waals surface area contributed by atoms with Crippen molar-refractivity contribution in [1.29, 1.82) is 0 Å². The number of rotatable bonds is 15. The van der Waals surface area contributed by atoms with Crippen molar-refractivity contribution in [3.05, 3.63) is 60.7 Å². The van der Waals surface area contributed by atoms with Gasteiger partial charge in [-0.05, 0) is 97.1 Å². The van der Waals surface area contributed by atoms with Crippen LogP contribution in [0.15, 0.2) is 60.7 Å². The van der Waals surface area contributed by atoms with E-state index in [1.165, 1.54) is 76.1 Å². The maximum Gasteiger partial charge on any atom is 0.121 e. The van der Waals surface area contributed by atoms with Gasteiger partial charge in [0.05, 0.1) is 29.0 Å². The van der Waals surface area contributed by atoms with Crippen LogP contribution in [0.2, 0.25) is 32.7 Å². The Bertz CT molecular complexity index is 841. The third-order valence-electron chi connectivity index (χ3n) is 8.58. The Morgan fingerprint density at radius 2 is 0.978 bits per heavy atom. The number of hydrogen-bond acceptors (Lipinski definition) is 5. The monoisotopic (exact) mass is 722 g/mol. The lowest BCUT2D eigenvalue weighted by Gasteiger charge is -2.30. The highest BCUT2D eigenvalue weighted by molar-refractivity contribution is 6.40. The highest BCUT2D eigenvalue weighted by Crippen LogP contribution is 2.27. The van der Waals surface area contributed by atoms with Gasteiger partial charge < -0.3 is 22.8 Å². The van der Waals surface area contributed by atoms with E-state index < -0.39 is 0 Å². The topological polar surface area (TPSA) is 16.2 Å². The molecule has 1 saturated carbocycles. The van der Waals surface area contributed by atoms with Crippen LogP contribution < -0.4 is 9.13 Å². The van der Waals surface area contributed by atoms with Gasteiger partial charge in [0.25, 0.3) is 0 Å². The van der Waals surface area contributed by atoms with Gasteiger partial charge in [-0.15, -0.1) is 0 Å². The molecule has 2 aromatic carbocycles. The Kier molecular flexibility index (Phi) is 34.7. The quantitative estimate of drug-likeness (QED) is 0.223. The van der Waals surface area contributed by atoms with Gasteiger partial charge in [-0.1, -0.05) is 110 Å². The van der Waals surface area contributed by atoms with Crippen molar-refractivity contribution < 1.29 is 0 Å². The van der Waals surface area contributed by atoms with Crippen molar-refractivity contribution in [2.75, 3.05) is 56.0 Å². The second-order valence-corrected chi connectivity index (χ2v) is 19.7. The first kappa shape index (κ1) is 47.1. The van der Waals surface area contributed by atoms with E-state index in [0.29, 0.717) is 0 Å². The Balaban J connectivity index is 0. The number of para-hydroxylation sites is 2. The normalized spacial score (nSPS) is 13.5. The molecule has 1 aliphatic carbocycles. The smallest absolute Gasteiger partial charge is 0.121 e. The average molecular weight is 722 g/mol. The van der Waals surface area contributed by atoms with Crippen LogP contribution in [0.4, 0.5) is 11.4 Å². The highest BCUT2D eigenvalue weighted by Gasteiger charge is 2.20. The lowest BCUT2D eigenvalue weighted by molar-refractivity contribution is 0.442. The minimum absolute atomic E-state index is 0.0370. The van der Waals surface area contributed by atoms with Crippen LogP contribution >= 0.6 is 0 Å². The molecule has 0 spiro atoms. The maximum atomic E-state index is 2.69. The summed E-state index contributed by atoms with van der Waals surface area (Å²) in [5, 5.41) is 0. The van der Waals surface area contributed by atoms with E-state index in [-0.39, 0.29) is 48.4 Å². The minimum Gasteiger partial charge on any atom is -0.404 e. The van der Waals surface area contributed by atoms with Gasteiger partial charge in [-0.3, -0.25) is 0 Å². The Hall–Kier alpha value is -0.996. The van der Waals surface area contributed by atoms with Crippen molar-refractivity contribution in [3.8, 4) is 0 Å². The van der Waals surface area contributed by atoms with Crippen LogP contribution in [0, 0.1) is 0 Å². The molecule has 0 amide bonds. The van der Waals surface area contributed by atoms with E-state index >= 15 is 0 Å². The fourth-order valence-corrected chi connectivity index (χ4v) is 10.1. The SMILES string of the molecule is CCCN(CCC)[SiH2]C.CCN(CC)[SiH2]C.CCN([SiH2]C)c1ccccc1.C[SiH2]N(C)C.C[SiH2]N(c1ccccc1)C1CCCC1. The van der Waals surface area contributed by atoms with Crippen LogP contribution in [0.3, 0.4) is 0 Å². The standard InChI is InChI=1S/C12H19NSi.C9H15NSi.C7H19NSi.C5H15NSi.C3H11NSi/c1-14-13(12-9-5-6-10-12)11-7-3-2-4-8-11;1-3-10(11-2)9-7-5-4-6-8-9;1-4-6-8(9-3)7-5-2;1-4-6(5-2)7-3;1-4(2)5-3/h2-4,7-8,12H,5-6,9-10,14H2,1H3;4-8H,3,11H2,1-2H3;4-7,9H2,1-3H3;4-5,7H2,1-3H3;5H2,1-3H3. The Labute approximate surface area is 300 Å². The van der Waals surface area contributed by atoms with E-state index in [9.17, 15) is 0 Å². The fraction of sp³-hybridized carbons (Fsp3) is 0.667. The van der Waals surface area contributed by atoms with Gasteiger partial charge in [-0.25, -0.2) is 0 Å². The molecule has 1 aliphatic rings.